The molecule has 0 aromatic rings. The molecule has 44 heavy (non-hydrogen) atoms. The number of amides is 2. The predicted octanol–water partition coefficient (Wildman–Crippen LogP) is 1.03. The number of carbonyl (C=O) groups excluding carboxylic acids is 2. The Morgan fingerprint density at radius 1 is 0.886 bits per heavy atom. The van der Waals surface area contributed by atoms with Gasteiger partial charge in [0.25, 0.3) is 19.4 Å². The van der Waals surface area contributed by atoms with Crippen LogP contribution in [0.25, 0.3) is 0 Å². The van der Waals surface area contributed by atoms with Crippen LogP contribution < -0.4 is 31.9 Å². The average Bonchev–Trinajstić information content (AvgIpc) is 3.70. The third-order valence-corrected chi connectivity index (χ3v) is 8.98. The number of nitrogens with one attached hydrogen (secondary N) is 6. The first kappa shape index (κ1) is 33.1. The number of nitrogens with zero attached hydrogens (tertiary/aromatic N) is 4. The van der Waals surface area contributed by atoms with Crippen LogP contribution in [0.2, 0.25) is 0 Å². The second kappa shape index (κ2) is 11.8. The quantitative estimate of drug-likeness (QED) is 0.163. The monoisotopic (exact) mass is 728 g/mol. The largest absolute Gasteiger partial charge is 0.394 e. The summed E-state index contributed by atoms with van der Waals surface area (Å²) in [6.07, 6.45) is 8.74. The second-order valence-corrected chi connectivity index (χ2v) is 15.2. The van der Waals surface area contributed by atoms with Gasteiger partial charge in [0.15, 0.2) is 11.3 Å². The SMILES string of the molecule is C=C1N[C@H]2[C@H](CC)N=C(NC(=O)C(Cl)(Cl)Cl)N3CC=C[C@]23N1.C=C1N[C@H]2[C@H](CO)N=C(NC(=O)C(Cl)(Cl)Cl)N3CC=C[C@]23N1. The summed E-state index contributed by atoms with van der Waals surface area (Å²) in [5.41, 5.74) is -1.17. The Kier molecular flexibility index (Phi) is 8.90. The highest BCUT2D eigenvalue weighted by Gasteiger charge is 2.57. The number of hydrogen-bond acceptors (Lipinski definition) is 11. The number of guanidine groups is 2. The maximum atomic E-state index is 12.0. The van der Waals surface area contributed by atoms with E-state index in [9.17, 15) is 14.7 Å². The number of aliphatic hydroxyl groups excluding tert-OH is 1. The van der Waals surface area contributed by atoms with Crippen LogP contribution in [0.5, 0.6) is 0 Å². The fourth-order valence-corrected chi connectivity index (χ4v) is 6.43. The first-order valence-electron chi connectivity index (χ1n) is 13.5. The Morgan fingerprint density at radius 2 is 1.30 bits per heavy atom. The first-order valence-corrected chi connectivity index (χ1v) is 15.7. The van der Waals surface area contributed by atoms with Crippen molar-refractivity contribution in [1.29, 1.82) is 0 Å². The molecule has 19 heteroatoms. The summed E-state index contributed by atoms with van der Waals surface area (Å²) in [5.74, 6) is 0.442. The smallest absolute Gasteiger partial charge is 0.278 e. The normalized spacial score (nSPS) is 32.8. The zero-order valence-corrected chi connectivity index (χ0v) is 27.7. The topological polar surface area (TPSA) is 158 Å². The molecule has 6 aliphatic rings. The number of aliphatic hydroxyl groups is 1. The molecular formula is C25H30Cl6N10O3. The molecule has 7 N–H and O–H groups in total. The lowest BCUT2D eigenvalue weighted by molar-refractivity contribution is -0.119. The van der Waals surface area contributed by atoms with Crippen LogP contribution >= 0.6 is 69.6 Å². The Hall–Kier alpha value is -2.26. The van der Waals surface area contributed by atoms with Crippen molar-refractivity contribution in [3.63, 3.8) is 0 Å². The molecule has 2 amide bonds. The molecule has 6 rings (SSSR count). The van der Waals surface area contributed by atoms with E-state index >= 15 is 0 Å². The maximum Gasteiger partial charge on any atom is 0.278 e. The molecule has 13 nitrogen and oxygen atoms in total. The highest BCUT2D eigenvalue weighted by molar-refractivity contribution is 6.77. The van der Waals surface area contributed by atoms with Crippen molar-refractivity contribution in [1.82, 2.24) is 41.7 Å². The van der Waals surface area contributed by atoms with Gasteiger partial charge in [-0.25, -0.2) is 9.98 Å². The van der Waals surface area contributed by atoms with Crippen LogP contribution in [-0.4, -0.2) is 101 Å². The van der Waals surface area contributed by atoms with Crippen LogP contribution in [0, 0.1) is 0 Å². The first-order chi connectivity index (χ1) is 20.6. The summed E-state index contributed by atoms with van der Waals surface area (Å²) in [7, 11) is 0. The minimum Gasteiger partial charge on any atom is -0.394 e. The van der Waals surface area contributed by atoms with Crippen molar-refractivity contribution in [2.75, 3.05) is 19.7 Å². The molecule has 0 aromatic heterocycles. The molecule has 0 aliphatic carbocycles. The molecule has 0 aromatic carbocycles. The van der Waals surface area contributed by atoms with E-state index in [1.54, 1.807) is 0 Å². The third-order valence-electron chi connectivity index (χ3n) is 7.95. The Bertz CT molecular complexity index is 1270. The Balaban J connectivity index is 0.000000175. The minimum absolute atomic E-state index is 0.0252. The van der Waals surface area contributed by atoms with Crippen LogP contribution in [0.4, 0.5) is 0 Å². The summed E-state index contributed by atoms with van der Waals surface area (Å²) in [6, 6.07) is -0.734. The number of hydrogen-bond donors (Lipinski definition) is 7. The lowest BCUT2D eigenvalue weighted by Crippen LogP contribution is -2.69. The van der Waals surface area contributed by atoms with Gasteiger partial charge >= 0.3 is 0 Å². The van der Waals surface area contributed by atoms with Crippen molar-refractivity contribution < 1.29 is 14.7 Å². The number of carbonyl (C=O) groups is 2. The maximum absolute atomic E-state index is 12.0. The van der Waals surface area contributed by atoms with Gasteiger partial charge < -0.3 is 36.2 Å². The number of rotatable bonds is 2. The molecule has 2 saturated heterocycles. The molecule has 6 heterocycles. The summed E-state index contributed by atoms with van der Waals surface area (Å²) in [4.78, 5) is 36.6. The zero-order chi connectivity index (χ0) is 32.2. The molecule has 2 fully saturated rings. The lowest BCUT2D eigenvalue weighted by atomic mass is 9.91. The summed E-state index contributed by atoms with van der Waals surface area (Å²) < 4.78 is -4.13. The van der Waals surface area contributed by atoms with Gasteiger partial charge in [0.1, 0.15) is 6.04 Å². The van der Waals surface area contributed by atoms with Gasteiger partial charge in [0, 0.05) is 13.1 Å². The van der Waals surface area contributed by atoms with E-state index in [1.165, 1.54) is 0 Å². The van der Waals surface area contributed by atoms with Gasteiger partial charge in [-0.1, -0.05) is 102 Å². The van der Waals surface area contributed by atoms with E-state index in [0.29, 0.717) is 24.9 Å². The van der Waals surface area contributed by atoms with Gasteiger partial charge in [-0.15, -0.1) is 0 Å². The summed E-state index contributed by atoms with van der Waals surface area (Å²) in [6.45, 7) is 10.7. The molecular weight excluding hydrogens is 701 g/mol. The van der Waals surface area contributed by atoms with Crippen LogP contribution in [0.1, 0.15) is 13.3 Å². The van der Waals surface area contributed by atoms with Crippen LogP contribution in [0.3, 0.4) is 0 Å². The zero-order valence-electron chi connectivity index (χ0n) is 23.2. The molecule has 240 valence electrons. The summed E-state index contributed by atoms with van der Waals surface area (Å²) in [5, 5.41) is 27.8. The molecule has 0 saturated carbocycles. The fraction of sp³-hybridized carbons (Fsp3) is 0.520. The summed E-state index contributed by atoms with van der Waals surface area (Å²) >= 11 is 33.7. The van der Waals surface area contributed by atoms with E-state index in [4.69, 9.17) is 69.6 Å². The number of aliphatic imine (C=N–C) groups is 2. The van der Waals surface area contributed by atoms with E-state index in [1.807, 2.05) is 35.0 Å². The van der Waals surface area contributed by atoms with Crippen LogP contribution in [0.15, 0.2) is 59.1 Å². The molecule has 0 radical (unpaired) electrons. The van der Waals surface area contributed by atoms with Crippen molar-refractivity contribution in [2.24, 2.45) is 9.98 Å². The van der Waals surface area contributed by atoms with Gasteiger partial charge in [-0.3, -0.25) is 20.2 Å². The molecule has 6 atom stereocenters. The van der Waals surface area contributed by atoms with Gasteiger partial charge in [-0.2, -0.15) is 0 Å². The number of alkyl halides is 6. The van der Waals surface area contributed by atoms with Crippen molar-refractivity contribution in [3.05, 3.63) is 49.1 Å². The van der Waals surface area contributed by atoms with Gasteiger partial charge in [0.05, 0.1) is 36.4 Å². The van der Waals surface area contributed by atoms with Crippen molar-refractivity contribution in [2.45, 2.75) is 56.4 Å². The van der Waals surface area contributed by atoms with Gasteiger partial charge in [-0.05, 0) is 18.6 Å². The molecule has 0 bridgehead atoms. The van der Waals surface area contributed by atoms with E-state index < -0.39 is 36.8 Å². The lowest BCUT2D eigenvalue weighted by Gasteiger charge is -2.45. The van der Waals surface area contributed by atoms with Crippen molar-refractivity contribution >= 4 is 93.3 Å². The van der Waals surface area contributed by atoms with E-state index in [0.717, 1.165) is 12.2 Å². The van der Waals surface area contributed by atoms with Crippen molar-refractivity contribution in [3.8, 4) is 0 Å². The van der Waals surface area contributed by atoms with Crippen LogP contribution in [-0.2, 0) is 9.59 Å². The highest BCUT2D eigenvalue weighted by Crippen LogP contribution is 2.38. The third kappa shape index (κ3) is 5.76. The van der Waals surface area contributed by atoms with Gasteiger partial charge in [0.2, 0.25) is 11.9 Å². The molecule has 2 spiro atoms. The average molecular weight is 731 g/mol. The molecule has 6 aliphatic heterocycles. The van der Waals surface area contributed by atoms with E-state index in [2.05, 4.69) is 61.1 Å². The van der Waals surface area contributed by atoms with E-state index in [-0.39, 0.29) is 30.7 Å². The minimum atomic E-state index is -2.10. The standard InChI is InChI=1S/C13H16Cl3N5O.C12H14Cl3N5O2/c1-3-8-9-12(20-7(2)17-9)5-4-6-21(12)11(18-8)19-10(22)13(14,15)16;1-6-16-8-7(5-21)17-10(18-9(22)12(13,14)15)20-4-2-3-11(8,20)19-6/h4-5,8-9,17,20H,2-3,6H2,1H3,(H,18,19,22);2-3,7-8,16,19,21H,1,4-5H2,(H,17,18,22)/t8-,9-,12+;7-,8-,11+/m00/s1. The molecule has 0 unspecified atom stereocenters. The Labute approximate surface area is 283 Å². The number of halogens is 6. The Morgan fingerprint density at radius 3 is 1.68 bits per heavy atom. The fourth-order valence-electron chi connectivity index (χ4n) is 6.15. The predicted molar refractivity (Wildman–Crippen MR) is 172 cm³/mol. The highest BCUT2D eigenvalue weighted by atomic mass is 35.6. The second-order valence-electron chi connectivity index (χ2n) is 10.7.